The van der Waals surface area contributed by atoms with Crippen molar-refractivity contribution >= 4 is 23.2 Å². The number of carbonyl (C=O) groups is 2. The third-order valence-electron chi connectivity index (χ3n) is 4.78. The van der Waals surface area contributed by atoms with E-state index in [-0.39, 0.29) is 17.7 Å². The van der Waals surface area contributed by atoms with Crippen LogP contribution in [0, 0.1) is 12.8 Å². The molecule has 6 nitrogen and oxygen atoms in total. The van der Waals surface area contributed by atoms with Crippen molar-refractivity contribution in [2.75, 3.05) is 32.8 Å². The number of aryl methyl sites for hydroxylation is 1. The number of rotatable bonds is 5. The molecule has 0 saturated carbocycles. The number of carbonyl (C=O) groups excluding carboxylic acids is 2. The first-order valence-corrected chi connectivity index (χ1v) is 10.5. The van der Waals surface area contributed by atoms with Crippen molar-refractivity contribution in [3.8, 4) is 16.3 Å². The van der Waals surface area contributed by atoms with Gasteiger partial charge in [0.05, 0.1) is 12.3 Å². The molecule has 3 rings (SSSR count). The molecule has 1 aliphatic rings. The fourth-order valence-corrected chi connectivity index (χ4v) is 4.26. The molecular weight excluding hydrogens is 374 g/mol. The van der Waals surface area contributed by atoms with Crippen LogP contribution < -0.4 is 4.74 Å². The van der Waals surface area contributed by atoms with Crippen molar-refractivity contribution in [3.05, 3.63) is 34.8 Å². The van der Waals surface area contributed by atoms with Gasteiger partial charge in [-0.2, -0.15) is 0 Å². The van der Waals surface area contributed by atoms with E-state index in [1.807, 2.05) is 61.8 Å². The van der Waals surface area contributed by atoms with E-state index in [9.17, 15) is 9.59 Å². The minimum Gasteiger partial charge on any atom is -0.494 e. The van der Waals surface area contributed by atoms with Crippen molar-refractivity contribution < 1.29 is 14.3 Å². The summed E-state index contributed by atoms with van der Waals surface area (Å²) in [6.45, 7) is 10.6. The number of thiazole rings is 1. The van der Waals surface area contributed by atoms with Gasteiger partial charge in [-0.1, -0.05) is 13.8 Å². The number of hydrogen-bond acceptors (Lipinski definition) is 5. The predicted octanol–water partition coefficient (Wildman–Crippen LogP) is 3.46. The molecule has 0 atom stereocenters. The summed E-state index contributed by atoms with van der Waals surface area (Å²) in [5.41, 5.74) is 1.72. The highest BCUT2D eigenvalue weighted by Crippen LogP contribution is 2.30. The minimum absolute atomic E-state index is 0.00355. The van der Waals surface area contributed by atoms with Crippen LogP contribution in [0.15, 0.2) is 24.3 Å². The van der Waals surface area contributed by atoms with E-state index in [4.69, 9.17) is 4.74 Å². The Bertz CT molecular complexity index is 837. The highest BCUT2D eigenvalue weighted by Gasteiger charge is 2.28. The maximum absolute atomic E-state index is 13.0. The Morgan fingerprint density at radius 2 is 1.71 bits per heavy atom. The summed E-state index contributed by atoms with van der Waals surface area (Å²) in [4.78, 5) is 34.1. The van der Waals surface area contributed by atoms with Gasteiger partial charge >= 0.3 is 0 Å². The molecule has 0 radical (unpaired) electrons. The Hall–Kier alpha value is -2.41. The largest absolute Gasteiger partial charge is 0.494 e. The predicted molar refractivity (Wildman–Crippen MR) is 111 cm³/mol. The number of amides is 2. The standard InChI is InChI=1S/C21H27N3O3S/c1-5-27-17-8-6-16(7-9-17)19-22-15(4)18(28-19)21(26)24-12-10-23(11-13-24)20(25)14(2)3/h6-9,14H,5,10-13H2,1-4H3. The zero-order chi connectivity index (χ0) is 20.3. The first kappa shape index (κ1) is 20.3. The van der Waals surface area contributed by atoms with Crippen molar-refractivity contribution in [1.82, 2.24) is 14.8 Å². The average molecular weight is 402 g/mol. The van der Waals surface area contributed by atoms with Crippen molar-refractivity contribution in [2.45, 2.75) is 27.7 Å². The molecule has 28 heavy (non-hydrogen) atoms. The summed E-state index contributed by atoms with van der Waals surface area (Å²) in [6, 6.07) is 7.77. The maximum atomic E-state index is 13.0. The average Bonchev–Trinajstić information content (AvgIpc) is 3.09. The molecule has 7 heteroatoms. The molecule has 1 fully saturated rings. The molecule has 0 aliphatic carbocycles. The topological polar surface area (TPSA) is 62.7 Å². The lowest BCUT2D eigenvalue weighted by atomic mass is 10.1. The fraction of sp³-hybridized carbons (Fsp3) is 0.476. The molecule has 1 saturated heterocycles. The highest BCUT2D eigenvalue weighted by molar-refractivity contribution is 7.17. The SMILES string of the molecule is CCOc1ccc(-c2nc(C)c(C(=O)N3CCN(C(=O)C(C)C)CC3)s2)cc1. The summed E-state index contributed by atoms with van der Waals surface area (Å²) < 4.78 is 5.48. The quantitative estimate of drug-likeness (QED) is 0.770. The lowest BCUT2D eigenvalue weighted by Crippen LogP contribution is -2.51. The second kappa shape index (κ2) is 8.73. The number of piperazine rings is 1. The van der Waals surface area contributed by atoms with Crippen LogP contribution in [0.2, 0.25) is 0 Å². The summed E-state index contributed by atoms with van der Waals surface area (Å²) in [7, 11) is 0. The number of nitrogens with zero attached hydrogens (tertiary/aromatic N) is 3. The molecule has 1 aromatic carbocycles. The summed E-state index contributed by atoms with van der Waals surface area (Å²) in [6.07, 6.45) is 0. The molecule has 1 aromatic heterocycles. The highest BCUT2D eigenvalue weighted by atomic mass is 32.1. The van der Waals surface area contributed by atoms with Gasteiger partial charge in [0.2, 0.25) is 5.91 Å². The van der Waals surface area contributed by atoms with Gasteiger partial charge in [-0.05, 0) is 38.1 Å². The third kappa shape index (κ3) is 4.35. The normalized spacial score (nSPS) is 14.5. The Morgan fingerprint density at radius 1 is 1.11 bits per heavy atom. The Kier molecular flexibility index (Phi) is 6.34. The molecule has 0 N–H and O–H groups in total. The van der Waals surface area contributed by atoms with Crippen LogP contribution in [-0.2, 0) is 4.79 Å². The van der Waals surface area contributed by atoms with Gasteiger partial charge in [0, 0.05) is 37.7 Å². The van der Waals surface area contributed by atoms with E-state index in [1.54, 1.807) is 0 Å². The number of benzene rings is 1. The molecular formula is C21H27N3O3S. The van der Waals surface area contributed by atoms with Crippen molar-refractivity contribution in [1.29, 1.82) is 0 Å². The smallest absolute Gasteiger partial charge is 0.265 e. The summed E-state index contributed by atoms with van der Waals surface area (Å²) >= 11 is 1.42. The van der Waals surface area contributed by atoms with E-state index < -0.39 is 0 Å². The zero-order valence-corrected chi connectivity index (χ0v) is 17.7. The molecule has 0 spiro atoms. The lowest BCUT2D eigenvalue weighted by molar-refractivity contribution is -0.135. The molecule has 1 aliphatic heterocycles. The third-order valence-corrected chi connectivity index (χ3v) is 5.97. The van der Waals surface area contributed by atoms with Crippen LogP contribution in [0.25, 0.3) is 10.6 Å². The number of ether oxygens (including phenoxy) is 1. The molecule has 0 bridgehead atoms. The minimum atomic E-state index is -0.0114. The van der Waals surface area contributed by atoms with Gasteiger partial charge in [0.1, 0.15) is 15.6 Å². The van der Waals surface area contributed by atoms with Crippen molar-refractivity contribution in [2.24, 2.45) is 5.92 Å². The number of hydrogen-bond donors (Lipinski definition) is 0. The molecule has 0 unspecified atom stereocenters. The van der Waals surface area contributed by atoms with Gasteiger partial charge in [-0.25, -0.2) is 4.98 Å². The second-order valence-electron chi connectivity index (χ2n) is 7.16. The molecule has 2 amide bonds. The van der Waals surface area contributed by atoms with Crippen LogP contribution in [0.5, 0.6) is 5.75 Å². The van der Waals surface area contributed by atoms with Gasteiger partial charge in [0.25, 0.3) is 5.91 Å². The zero-order valence-electron chi connectivity index (χ0n) is 16.9. The van der Waals surface area contributed by atoms with Gasteiger partial charge in [-0.15, -0.1) is 11.3 Å². The van der Waals surface area contributed by atoms with Crippen molar-refractivity contribution in [3.63, 3.8) is 0 Å². The lowest BCUT2D eigenvalue weighted by Gasteiger charge is -2.35. The first-order chi connectivity index (χ1) is 13.4. The maximum Gasteiger partial charge on any atom is 0.265 e. The van der Waals surface area contributed by atoms with Crippen LogP contribution in [-0.4, -0.2) is 59.4 Å². The summed E-state index contributed by atoms with van der Waals surface area (Å²) in [5, 5.41) is 0.831. The van der Waals surface area contributed by atoms with Crippen LogP contribution >= 0.6 is 11.3 Å². The van der Waals surface area contributed by atoms with E-state index in [1.165, 1.54) is 11.3 Å². The van der Waals surface area contributed by atoms with Gasteiger partial charge in [-0.3, -0.25) is 9.59 Å². The molecule has 2 heterocycles. The number of aromatic nitrogens is 1. The van der Waals surface area contributed by atoms with Crippen LogP contribution in [0.3, 0.4) is 0 Å². The monoisotopic (exact) mass is 401 g/mol. The Labute approximate surface area is 170 Å². The Morgan fingerprint density at radius 3 is 2.29 bits per heavy atom. The second-order valence-corrected chi connectivity index (χ2v) is 8.16. The van der Waals surface area contributed by atoms with E-state index in [0.717, 1.165) is 22.0 Å². The van der Waals surface area contributed by atoms with Gasteiger partial charge in [0.15, 0.2) is 0 Å². The fourth-order valence-electron chi connectivity index (χ4n) is 3.22. The van der Waals surface area contributed by atoms with E-state index in [2.05, 4.69) is 4.98 Å². The Balaban J connectivity index is 1.69. The summed E-state index contributed by atoms with van der Waals surface area (Å²) in [5.74, 6) is 0.968. The van der Waals surface area contributed by atoms with Gasteiger partial charge < -0.3 is 14.5 Å². The molecule has 150 valence electrons. The van der Waals surface area contributed by atoms with Crippen LogP contribution in [0.1, 0.15) is 36.1 Å². The first-order valence-electron chi connectivity index (χ1n) is 9.69. The van der Waals surface area contributed by atoms with Crippen LogP contribution in [0.4, 0.5) is 0 Å². The molecule has 2 aromatic rings. The van der Waals surface area contributed by atoms with E-state index in [0.29, 0.717) is 37.7 Å². The van der Waals surface area contributed by atoms with E-state index >= 15 is 0 Å².